The fourth-order valence-electron chi connectivity index (χ4n) is 11.9. The first-order valence-electron chi connectivity index (χ1n) is 33.3. The standard InChI is InChI=1S/C28H32FN3O3.C22H23FN4O.C14H19FN2O2.C13H14N2O2.ClH/c1-6-19-8-7-9-22(15-19)32-24(14-18(2)30-32)25(33)16-20-10-11-21-17-31(13-12-23(21)26(20)29)27(34)35-28(3,4)5;1-14-9-20(27(26-14)18-4-2-3-15(10-18)12-24)21(28)11-16-5-6-17-13-25-8-7-19(17)22(16)23;1-14(2,3)19-13(18)17-7-6-10-9(8-17)4-5-11(16)12(10)15;1-3-10-5-4-6-11(8-10)15-12(13(16)17)7-9(2)14-15;/h7-11,14-15H,6,12-13,16-17H2,1-5H3;2-6,9-10,25H,7-8,11-13,24H2,1H3;4-5H,6-8,16H2,1-3H3;4-8H,3H2,1-2H3,(H,16,17);1H. The molecule has 100 heavy (non-hydrogen) atoms. The summed E-state index contributed by atoms with van der Waals surface area (Å²) < 4.78 is 59.7. The Morgan fingerprint density at radius 1 is 0.530 bits per heavy atom. The van der Waals surface area contributed by atoms with Crippen LogP contribution in [0, 0.1) is 38.2 Å². The number of fused-ring (bicyclic) bond motifs is 3. The molecule has 9 aromatic rings. The van der Waals surface area contributed by atoms with Gasteiger partial charge in [0.25, 0.3) is 0 Å². The number of hydrogen-bond acceptors (Lipinski definition) is 13. The van der Waals surface area contributed by atoms with E-state index in [1.165, 1.54) is 10.7 Å². The summed E-state index contributed by atoms with van der Waals surface area (Å²) in [6.07, 6.45) is 2.45. The van der Waals surface area contributed by atoms with Crippen LogP contribution in [0.1, 0.15) is 165 Å². The fraction of sp³-hybridized carbons (Fsp3) is 0.351. The highest BCUT2D eigenvalue weighted by atomic mass is 35.5. The number of nitrogens with zero attached hydrogens (tertiary/aromatic N) is 8. The number of Topliss-reactive ketones (excluding diaryl/α,β-unsaturated/α-hetero) is 2. The largest absolute Gasteiger partial charge is 0.477 e. The van der Waals surface area contributed by atoms with Crippen LogP contribution in [0.15, 0.2) is 127 Å². The Morgan fingerprint density at radius 3 is 1.35 bits per heavy atom. The Labute approximate surface area is 588 Å². The number of carboxylic acid groups (broad SMARTS) is 1. The number of ether oxygens (including phenoxy) is 2. The van der Waals surface area contributed by atoms with Gasteiger partial charge < -0.3 is 41.2 Å². The van der Waals surface area contributed by atoms with Crippen LogP contribution in [0.3, 0.4) is 0 Å². The minimum Gasteiger partial charge on any atom is -0.477 e. The van der Waals surface area contributed by atoms with E-state index in [0.29, 0.717) is 91.3 Å². The number of nitrogens with one attached hydrogen (secondary N) is 1. The van der Waals surface area contributed by atoms with E-state index in [2.05, 4.69) is 34.5 Å². The Morgan fingerprint density at radius 2 is 0.920 bits per heavy atom. The summed E-state index contributed by atoms with van der Waals surface area (Å²) in [5.41, 5.74) is 24.4. The number of aromatic nitrogens is 6. The van der Waals surface area contributed by atoms with Gasteiger partial charge in [-0.15, -0.1) is 12.4 Å². The van der Waals surface area contributed by atoms with Crippen molar-refractivity contribution in [2.45, 2.75) is 158 Å². The molecule has 3 aliphatic heterocycles. The number of halogens is 4. The molecule has 0 bridgehead atoms. The van der Waals surface area contributed by atoms with Gasteiger partial charge in [0.15, 0.2) is 17.3 Å². The molecule has 6 heterocycles. The molecule has 0 spiro atoms. The minimum atomic E-state index is -0.965. The smallest absolute Gasteiger partial charge is 0.410 e. The highest BCUT2D eigenvalue weighted by molar-refractivity contribution is 5.97. The van der Waals surface area contributed by atoms with Gasteiger partial charge >= 0.3 is 18.2 Å². The first-order valence-corrected chi connectivity index (χ1v) is 33.3. The Kier molecular flexibility index (Phi) is 24.9. The number of benzene rings is 6. The third kappa shape index (κ3) is 18.9. The average Bonchev–Trinajstić information content (AvgIpc) is 1.07. The molecule has 3 aliphatic rings. The maximum atomic E-state index is 15.4. The number of carboxylic acids is 1. The maximum absolute atomic E-state index is 15.4. The molecule has 0 saturated carbocycles. The van der Waals surface area contributed by atoms with Gasteiger partial charge in [-0.05, 0) is 223 Å². The Hall–Kier alpha value is -9.90. The van der Waals surface area contributed by atoms with E-state index >= 15 is 4.39 Å². The molecule has 528 valence electrons. The number of aryl methyl sites for hydroxylation is 5. The second kappa shape index (κ2) is 32.8. The summed E-state index contributed by atoms with van der Waals surface area (Å²) in [6.45, 7) is 23.8. The van der Waals surface area contributed by atoms with Gasteiger partial charge in [0.2, 0.25) is 0 Å². The number of carbonyl (C=O) groups is 5. The van der Waals surface area contributed by atoms with Gasteiger partial charge in [0.1, 0.15) is 40.0 Å². The van der Waals surface area contributed by atoms with E-state index in [9.17, 15) is 32.8 Å². The second-order valence-electron chi connectivity index (χ2n) is 26.9. The lowest BCUT2D eigenvalue weighted by molar-refractivity contribution is 0.0213. The maximum Gasteiger partial charge on any atom is 0.410 e. The van der Waals surface area contributed by atoms with Crippen LogP contribution < -0.4 is 16.8 Å². The number of aromatic carboxylic acids is 1. The second-order valence-corrected chi connectivity index (χ2v) is 26.9. The first kappa shape index (κ1) is 75.9. The van der Waals surface area contributed by atoms with E-state index in [-0.39, 0.29) is 78.3 Å². The van der Waals surface area contributed by atoms with E-state index < -0.39 is 23.3 Å². The molecule has 3 aromatic heterocycles. The number of rotatable bonds is 13. The van der Waals surface area contributed by atoms with Crippen LogP contribution in [0.2, 0.25) is 0 Å². The van der Waals surface area contributed by atoms with E-state index in [4.69, 9.17) is 26.0 Å². The van der Waals surface area contributed by atoms with Gasteiger partial charge in [0, 0.05) is 52.1 Å². The molecule has 0 saturated heterocycles. The van der Waals surface area contributed by atoms with Crippen molar-refractivity contribution >= 4 is 47.8 Å². The summed E-state index contributed by atoms with van der Waals surface area (Å²) in [7, 11) is 0. The summed E-state index contributed by atoms with van der Waals surface area (Å²) in [6, 6.07) is 38.7. The summed E-state index contributed by atoms with van der Waals surface area (Å²) in [4.78, 5) is 65.0. The molecular formula is C77H89ClF3N11O8. The topological polar surface area (TPSA) is 248 Å². The lowest BCUT2D eigenvalue weighted by Gasteiger charge is -2.31. The first-order chi connectivity index (χ1) is 47.0. The van der Waals surface area contributed by atoms with Gasteiger partial charge in [-0.3, -0.25) is 9.59 Å². The van der Waals surface area contributed by atoms with Crippen LogP contribution in [0.5, 0.6) is 0 Å². The average molecular weight is 1390 g/mol. The Balaban J connectivity index is 0.000000176. The summed E-state index contributed by atoms with van der Waals surface area (Å²) in [5, 5.41) is 25.5. The SMILES string of the molecule is CC(C)(C)OC(=O)N1CCc2c(ccc(N)c2F)C1.CCc1cccc(-n2nc(C)cc2C(=O)Cc2ccc3c(c2F)CCN(C(=O)OC(C)(C)C)C3)c1.CCc1cccc(-n2nc(C)cc2C(=O)O)c1.Cc1cc(C(=O)Cc2ccc3c(c2F)CCNC3)n(-c2cccc(CN)c2)n1.Cl. The van der Waals surface area contributed by atoms with Crippen molar-refractivity contribution in [1.82, 2.24) is 44.5 Å². The monoisotopic (exact) mass is 1390 g/mol. The highest BCUT2D eigenvalue weighted by Gasteiger charge is 2.31. The molecule has 0 radical (unpaired) electrons. The number of ketones is 2. The number of nitrogens with two attached hydrogens (primary N) is 2. The van der Waals surface area contributed by atoms with Crippen molar-refractivity contribution in [3.63, 3.8) is 0 Å². The van der Waals surface area contributed by atoms with Crippen LogP contribution in [0.25, 0.3) is 17.1 Å². The van der Waals surface area contributed by atoms with Crippen molar-refractivity contribution < 1.29 is 51.7 Å². The van der Waals surface area contributed by atoms with Crippen LogP contribution in [0.4, 0.5) is 28.4 Å². The van der Waals surface area contributed by atoms with Gasteiger partial charge in [-0.2, -0.15) is 15.3 Å². The minimum absolute atomic E-state index is 0. The zero-order valence-corrected chi connectivity index (χ0v) is 59.4. The van der Waals surface area contributed by atoms with Crippen molar-refractivity contribution in [2.24, 2.45) is 5.73 Å². The zero-order valence-electron chi connectivity index (χ0n) is 58.6. The van der Waals surface area contributed by atoms with Crippen LogP contribution >= 0.6 is 12.4 Å². The van der Waals surface area contributed by atoms with E-state index in [1.54, 1.807) is 62.5 Å². The third-order valence-corrected chi connectivity index (χ3v) is 16.9. The Bertz CT molecular complexity index is 4470. The lowest BCUT2D eigenvalue weighted by Crippen LogP contribution is -2.40. The molecule has 0 fully saturated rings. The highest BCUT2D eigenvalue weighted by Crippen LogP contribution is 2.30. The normalized spacial score (nSPS) is 13.1. The molecular weight excluding hydrogens is 1300 g/mol. The predicted octanol–water partition coefficient (Wildman–Crippen LogP) is 14.0. The predicted molar refractivity (Wildman–Crippen MR) is 382 cm³/mol. The number of nitrogen functional groups attached to an aromatic ring is 1. The molecule has 0 aliphatic carbocycles. The number of carbonyl (C=O) groups excluding carboxylic acids is 4. The quantitative estimate of drug-likeness (QED) is 0.0619. The molecule has 0 unspecified atom stereocenters. The molecule has 19 nitrogen and oxygen atoms in total. The van der Waals surface area contributed by atoms with Crippen molar-refractivity contribution in [2.75, 3.05) is 25.4 Å². The molecule has 0 atom stereocenters. The van der Waals surface area contributed by atoms with Crippen molar-refractivity contribution in [3.8, 4) is 17.1 Å². The van der Waals surface area contributed by atoms with Gasteiger partial charge in [0.05, 0.1) is 39.8 Å². The molecule has 23 heteroatoms. The molecule has 12 rings (SSSR count). The third-order valence-electron chi connectivity index (χ3n) is 16.9. The van der Waals surface area contributed by atoms with Gasteiger partial charge in [-0.25, -0.2) is 41.6 Å². The van der Waals surface area contributed by atoms with Crippen LogP contribution in [-0.4, -0.2) is 105 Å². The zero-order chi connectivity index (χ0) is 71.6. The number of amides is 2. The van der Waals surface area contributed by atoms with Crippen molar-refractivity contribution in [3.05, 3.63) is 240 Å². The molecule has 2 amide bonds. The molecule has 6 N–H and O–H groups in total. The molecule has 6 aromatic carbocycles. The number of hydrogen-bond donors (Lipinski definition) is 4. The fourth-order valence-corrected chi connectivity index (χ4v) is 11.9. The van der Waals surface area contributed by atoms with Crippen molar-refractivity contribution in [1.29, 1.82) is 0 Å². The van der Waals surface area contributed by atoms with E-state index in [0.717, 1.165) is 86.8 Å². The lowest BCUT2D eigenvalue weighted by atomic mass is 9.94. The summed E-state index contributed by atoms with van der Waals surface area (Å²) in [5.74, 6) is -2.30. The number of anilines is 1. The van der Waals surface area contributed by atoms with Crippen LogP contribution in [-0.2, 0) is 80.6 Å². The van der Waals surface area contributed by atoms with E-state index in [1.807, 2.05) is 140 Å². The van der Waals surface area contributed by atoms with Gasteiger partial charge in [-0.1, -0.05) is 80.6 Å². The summed E-state index contributed by atoms with van der Waals surface area (Å²) >= 11 is 0.